The summed E-state index contributed by atoms with van der Waals surface area (Å²) in [4.78, 5) is 26.7. The fourth-order valence-corrected chi connectivity index (χ4v) is 3.82. The van der Waals surface area contributed by atoms with Crippen LogP contribution in [0, 0.1) is 11.8 Å². The largest absolute Gasteiger partial charge is 0.353 e. The van der Waals surface area contributed by atoms with E-state index >= 15 is 0 Å². The molecule has 4 nitrogen and oxygen atoms in total. The Balaban J connectivity index is 1.74. The van der Waals surface area contributed by atoms with E-state index in [4.69, 9.17) is 0 Å². The van der Waals surface area contributed by atoms with E-state index in [9.17, 15) is 9.59 Å². The lowest BCUT2D eigenvalue weighted by atomic mass is 9.88. The summed E-state index contributed by atoms with van der Waals surface area (Å²) in [6, 6.07) is 0.264. The maximum Gasteiger partial charge on any atom is 0.225 e. The molecule has 22 heavy (non-hydrogen) atoms. The quantitative estimate of drug-likeness (QED) is 0.848. The molecule has 1 saturated carbocycles. The Labute approximate surface area is 135 Å². The number of likely N-dealkylation sites (tertiary alicyclic amines) is 1. The van der Waals surface area contributed by atoms with E-state index in [0.29, 0.717) is 5.91 Å². The highest BCUT2D eigenvalue weighted by molar-refractivity contribution is 5.80. The first-order valence-corrected chi connectivity index (χ1v) is 9.24. The third kappa shape index (κ3) is 4.47. The summed E-state index contributed by atoms with van der Waals surface area (Å²) in [6.45, 7) is 5.77. The predicted octanol–water partition coefficient (Wildman–Crippen LogP) is 3.11. The molecule has 1 N–H and O–H groups in total. The predicted molar refractivity (Wildman–Crippen MR) is 88.4 cm³/mol. The van der Waals surface area contributed by atoms with Gasteiger partial charge in [-0.3, -0.25) is 9.59 Å². The number of rotatable bonds is 5. The van der Waals surface area contributed by atoms with Crippen LogP contribution >= 0.6 is 0 Å². The molecule has 1 heterocycles. The fraction of sp³-hybridized carbons (Fsp3) is 0.889. The molecular formula is C18H32N2O2. The molecule has 2 aliphatic rings. The van der Waals surface area contributed by atoms with Crippen molar-refractivity contribution in [2.75, 3.05) is 13.1 Å². The lowest BCUT2D eigenvalue weighted by Crippen LogP contribution is -2.49. The molecule has 0 spiro atoms. The number of piperidine rings is 1. The normalized spacial score (nSPS) is 21.1. The Morgan fingerprint density at radius 1 is 1.00 bits per heavy atom. The van der Waals surface area contributed by atoms with E-state index in [1.807, 2.05) is 4.90 Å². The molecule has 2 amide bonds. The minimum Gasteiger partial charge on any atom is -0.353 e. The topological polar surface area (TPSA) is 49.4 Å². The van der Waals surface area contributed by atoms with E-state index in [0.717, 1.165) is 51.6 Å². The molecule has 0 aromatic rings. The van der Waals surface area contributed by atoms with Crippen LogP contribution in [0.2, 0.25) is 0 Å². The van der Waals surface area contributed by atoms with Crippen LogP contribution in [0.4, 0.5) is 0 Å². The monoisotopic (exact) mass is 308 g/mol. The molecule has 126 valence electrons. The number of hydrogen-bond acceptors (Lipinski definition) is 2. The van der Waals surface area contributed by atoms with E-state index in [1.54, 1.807) is 0 Å². The van der Waals surface area contributed by atoms with E-state index in [1.165, 1.54) is 19.3 Å². The van der Waals surface area contributed by atoms with Gasteiger partial charge in [-0.2, -0.15) is 0 Å². The van der Waals surface area contributed by atoms with Gasteiger partial charge in [0.25, 0.3) is 0 Å². The number of nitrogens with one attached hydrogen (secondary N) is 1. The van der Waals surface area contributed by atoms with Crippen LogP contribution in [-0.2, 0) is 9.59 Å². The Kier molecular flexibility index (Phi) is 6.71. The third-order valence-corrected chi connectivity index (χ3v) is 5.46. The molecule has 0 atom stereocenters. The Morgan fingerprint density at radius 2 is 1.59 bits per heavy atom. The van der Waals surface area contributed by atoms with Crippen molar-refractivity contribution in [2.45, 2.75) is 77.7 Å². The van der Waals surface area contributed by atoms with E-state index in [-0.39, 0.29) is 23.8 Å². The average Bonchev–Trinajstić information content (AvgIpc) is 2.57. The zero-order valence-corrected chi connectivity index (χ0v) is 14.3. The minimum atomic E-state index is 0.174. The highest BCUT2D eigenvalue weighted by Gasteiger charge is 2.29. The Bertz CT molecular complexity index is 365. The first kappa shape index (κ1) is 17.3. The van der Waals surface area contributed by atoms with Gasteiger partial charge < -0.3 is 10.2 Å². The lowest BCUT2D eigenvalue weighted by molar-refractivity contribution is -0.137. The van der Waals surface area contributed by atoms with Crippen molar-refractivity contribution in [1.82, 2.24) is 10.2 Å². The van der Waals surface area contributed by atoms with Crippen LogP contribution in [0.3, 0.4) is 0 Å². The molecule has 1 saturated heterocycles. The number of hydrogen-bond donors (Lipinski definition) is 1. The molecule has 0 aromatic heterocycles. The summed E-state index contributed by atoms with van der Waals surface area (Å²) in [6.07, 6.45) is 9.44. The average molecular weight is 308 g/mol. The number of nitrogens with zero attached hydrogens (tertiary/aromatic N) is 1. The maximum absolute atomic E-state index is 12.4. The summed E-state index contributed by atoms with van der Waals surface area (Å²) >= 11 is 0. The van der Waals surface area contributed by atoms with Crippen molar-refractivity contribution < 1.29 is 9.59 Å². The van der Waals surface area contributed by atoms with Crippen LogP contribution in [0.1, 0.15) is 71.6 Å². The van der Waals surface area contributed by atoms with Gasteiger partial charge in [-0.05, 0) is 38.5 Å². The van der Waals surface area contributed by atoms with Crippen molar-refractivity contribution in [3.8, 4) is 0 Å². The molecule has 2 rings (SSSR count). The molecule has 4 heteroatoms. The van der Waals surface area contributed by atoms with Crippen LogP contribution in [0.5, 0.6) is 0 Å². The summed E-state index contributed by atoms with van der Waals surface area (Å²) in [7, 11) is 0. The smallest absolute Gasteiger partial charge is 0.225 e. The second kappa shape index (κ2) is 8.54. The number of carbonyl (C=O) groups is 2. The number of amides is 2. The van der Waals surface area contributed by atoms with Crippen LogP contribution < -0.4 is 5.32 Å². The summed E-state index contributed by atoms with van der Waals surface area (Å²) in [5.41, 5.74) is 0. The summed E-state index contributed by atoms with van der Waals surface area (Å²) in [5.74, 6) is 0.970. The molecule has 0 radical (unpaired) electrons. The van der Waals surface area contributed by atoms with Gasteiger partial charge in [-0.1, -0.05) is 33.1 Å². The van der Waals surface area contributed by atoms with Crippen LogP contribution in [0.25, 0.3) is 0 Å². The van der Waals surface area contributed by atoms with Gasteiger partial charge in [-0.25, -0.2) is 0 Å². The first-order valence-electron chi connectivity index (χ1n) is 9.24. The minimum absolute atomic E-state index is 0.174. The zero-order valence-electron chi connectivity index (χ0n) is 14.3. The van der Waals surface area contributed by atoms with Gasteiger partial charge in [-0.15, -0.1) is 0 Å². The Morgan fingerprint density at radius 3 is 2.14 bits per heavy atom. The second-order valence-corrected chi connectivity index (χ2v) is 6.96. The molecule has 1 aliphatic carbocycles. The molecule has 1 aliphatic heterocycles. The molecular weight excluding hydrogens is 276 g/mol. The van der Waals surface area contributed by atoms with Gasteiger partial charge in [0.15, 0.2) is 0 Å². The lowest BCUT2D eigenvalue weighted by Gasteiger charge is -2.35. The SMILES string of the molecule is CCC(CC)C(=O)N1CCC(NC(=O)C2CCCCC2)CC1. The van der Waals surface area contributed by atoms with Gasteiger partial charge >= 0.3 is 0 Å². The van der Waals surface area contributed by atoms with Gasteiger partial charge in [0, 0.05) is 31.0 Å². The zero-order chi connectivity index (χ0) is 15.9. The number of carbonyl (C=O) groups excluding carboxylic acids is 2. The molecule has 0 bridgehead atoms. The van der Waals surface area contributed by atoms with E-state index < -0.39 is 0 Å². The summed E-state index contributed by atoms with van der Waals surface area (Å²) in [5, 5.41) is 3.23. The molecule has 0 unspecified atom stereocenters. The van der Waals surface area contributed by atoms with Crippen LogP contribution in [-0.4, -0.2) is 35.8 Å². The first-order chi connectivity index (χ1) is 10.7. The van der Waals surface area contributed by atoms with Crippen molar-refractivity contribution in [1.29, 1.82) is 0 Å². The van der Waals surface area contributed by atoms with E-state index in [2.05, 4.69) is 19.2 Å². The maximum atomic E-state index is 12.4. The standard InChI is InChI=1S/C18H32N2O2/c1-3-14(4-2)18(22)20-12-10-16(11-13-20)19-17(21)15-8-6-5-7-9-15/h14-16H,3-13H2,1-2H3,(H,19,21). The fourth-order valence-electron chi connectivity index (χ4n) is 3.82. The molecule has 0 aromatic carbocycles. The summed E-state index contributed by atoms with van der Waals surface area (Å²) < 4.78 is 0. The highest BCUT2D eigenvalue weighted by atomic mass is 16.2. The van der Waals surface area contributed by atoms with Gasteiger partial charge in [0.05, 0.1) is 0 Å². The van der Waals surface area contributed by atoms with Crippen molar-refractivity contribution in [3.05, 3.63) is 0 Å². The van der Waals surface area contributed by atoms with Crippen LogP contribution in [0.15, 0.2) is 0 Å². The Hall–Kier alpha value is -1.06. The highest BCUT2D eigenvalue weighted by Crippen LogP contribution is 2.24. The van der Waals surface area contributed by atoms with Crippen molar-refractivity contribution in [3.63, 3.8) is 0 Å². The van der Waals surface area contributed by atoms with Gasteiger partial charge in [0.1, 0.15) is 0 Å². The van der Waals surface area contributed by atoms with Crippen molar-refractivity contribution in [2.24, 2.45) is 11.8 Å². The van der Waals surface area contributed by atoms with Gasteiger partial charge in [0.2, 0.25) is 11.8 Å². The third-order valence-electron chi connectivity index (χ3n) is 5.46. The van der Waals surface area contributed by atoms with Crippen molar-refractivity contribution >= 4 is 11.8 Å². The second-order valence-electron chi connectivity index (χ2n) is 6.96. The molecule has 2 fully saturated rings.